The highest BCUT2D eigenvalue weighted by molar-refractivity contribution is 7.45. The van der Waals surface area contributed by atoms with Gasteiger partial charge in [-0.15, -0.1) is 0 Å². The standard InChI is InChI=1S/C69H136NO8P/c1-6-8-10-12-14-16-18-20-22-24-26-27-28-29-30-31-32-33-34-35-36-37-38-39-40-41-42-43-44-46-47-49-51-53-55-57-59-61-68(71)75-65-67(66-77-79(73,74)76-64-63-70(3,4)5)78-69(72)62-60-58-56-54-52-50-48-45-25-23-21-19-17-15-13-11-9-7-2/h23,25,67H,6-22,24,26-66H2,1-5H3/b25-23-. The van der Waals surface area contributed by atoms with Crippen LogP contribution in [0.25, 0.3) is 0 Å². The molecule has 10 heteroatoms. The molecule has 2 unspecified atom stereocenters. The summed E-state index contributed by atoms with van der Waals surface area (Å²) in [5.41, 5.74) is 0. The molecule has 0 N–H and O–H groups in total. The fourth-order valence-corrected chi connectivity index (χ4v) is 11.4. The second-order valence-electron chi connectivity index (χ2n) is 25.3. The van der Waals surface area contributed by atoms with Gasteiger partial charge in [0.15, 0.2) is 6.10 Å². The molecule has 0 amide bonds. The third-order valence-corrected chi connectivity index (χ3v) is 17.0. The van der Waals surface area contributed by atoms with Crippen LogP contribution in [0.4, 0.5) is 0 Å². The number of quaternary nitrogens is 1. The summed E-state index contributed by atoms with van der Waals surface area (Å²) >= 11 is 0. The SMILES string of the molecule is CCCCCCCCC/C=C\CCCCCCCCCC(=O)OC(COC(=O)CCCCCCCCCCCCCCCCCCCCCCCCCCCCCCCCCCCCCCC)COP(=O)([O-])OCC[N+](C)(C)C. The van der Waals surface area contributed by atoms with E-state index >= 15 is 0 Å². The van der Waals surface area contributed by atoms with Gasteiger partial charge in [-0.1, -0.05) is 328 Å². The monoisotopic (exact) mass is 1140 g/mol. The summed E-state index contributed by atoms with van der Waals surface area (Å²) in [5, 5.41) is 0. The van der Waals surface area contributed by atoms with Crippen LogP contribution >= 0.6 is 7.82 Å². The lowest BCUT2D eigenvalue weighted by atomic mass is 10.0. The number of hydrogen-bond acceptors (Lipinski definition) is 8. The van der Waals surface area contributed by atoms with Gasteiger partial charge in [-0.25, -0.2) is 0 Å². The predicted molar refractivity (Wildman–Crippen MR) is 338 cm³/mol. The minimum atomic E-state index is -4.63. The molecule has 0 aliphatic carbocycles. The molecule has 0 aromatic heterocycles. The molecule has 0 aliphatic rings. The Morgan fingerprint density at radius 3 is 0.937 bits per heavy atom. The van der Waals surface area contributed by atoms with Crippen molar-refractivity contribution in [3.8, 4) is 0 Å². The largest absolute Gasteiger partial charge is 0.756 e. The minimum Gasteiger partial charge on any atom is -0.756 e. The van der Waals surface area contributed by atoms with Gasteiger partial charge in [0.05, 0.1) is 27.7 Å². The minimum absolute atomic E-state index is 0.0279. The number of likely N-dealkylation sites (N-methyl/N-ethyl adjacent to an activating group) is 1. The van der Waals surface area contributed by atoms with E-state index in [1.165, 1.54) is 289 Å². The number of nitrogens with zero attached hydrogens (tertiary/aromatic N) is 1. The van der Waals surface area contributed by atoms with E-state index in [2.05, 4.69) is 26.0 Å². The first-order valence-corrected chi connectivity index (χ1v) is 36.4. The number of allylic oxidation sites excluding steroid dienone is 2. The van der Waals surface area contributed by atoms with Crippen molar-refractivity contribution in [1.82, 2.24) is 0 Å². The van der Waals surface area contributed by atoms with Gasteiger partial charge in [0, 0.05) is 12.8 Å². The van der Waals surface area contributed by atoms with Gasteiger partial charge in [-0.3, -0.25) is 14.2 Å². The predicted octanol–water partition coefficient (Wildman–Crippen LogP) is 21.7. The lowest BCUT2D eigenvalue weighted by molar-refractivity contribution is -0.870. The van der Waals surface area contributed by atoms with Crippen molar-refractivity contribution < 1.29 is 42.1 Å². The van der Waals surface area contributed by atoms with E-state index in [4.69, 9.17) is 18.5 Å². The topological polar surface area (TPSA) is 111 Å². The fraction of sp³-hybridized carbons (Fsp3) is 0.942. The lowest BCUT2D eigenvalue weighted by Crippen LogP contribution is -2.37. The number of esters is 2. The fourth-order valence-electron chi connectivity index (χ4n) is 10.7. The summed E-state index contributed by atoms with van der Waals surface area (Å²) in [7, 11) is 1.18. The maximum Gasteiger partial charge on any atom is 0.306 e. The average Bonchev–Trinajstić information content (AvgIpc) is 3.41. The van der Waals surface area contributed by atoms with Gasteiger partial charge < -0.3 is 27.9 Å². The van der Waals surface area contributed by atoms with Crippen LogP contribution in [-0.4, -0.2) is 70.0 Å². The quantitative estimate of drug-likeness (QED) is 0.0195. The molecule has 0 spiro atoms. The summed E-state index contributed by atoms with van der Waals surface area (Å²) in [4.78, 5) is 38.0. The number of carbonyl (C=O) groups excluding carboxylic acids is 2. The second-order valence-corrected chi connectivity index (χ2v) is 26.7. The summed E-state index contributed by atoms with van der Waals surface area (Å²) in [6.45, 7) is 4.30. The molecular formula is C69H136NO8P. The van der Waals surface area contributed by atoms with Gasteiger partial charge in [0.2, 0.25) is 0 Å². The second kappa shape index (κ2) is 61.3. The Hall–Kier alpha value is -1.25. The van der Waals surface area contributed by atoms with Crippen molar-refractivity contribution in [2.75, 3.05) is 47.5 Å². The molecule has 0 fully saturated rings. The molecule has 0 aromatic rings. The number of hydrogen-bond donors (Lipinski definition) is 0. The van der Waals surface area contributed by atoms with Gasteiger partial charge >= 0.3 is 11.9 Å². The van der Waals surface area contributed by atoms with Crippen molar-refractivity contribution in [3.63, 3.8) is 0 Å². The van der Waals surface area contributed by atoms with Crippen molar-refractivity contribution >= 4 is 19.8 Å². The third kappa shape index (κ3) is 65.8. The van der Waals surface area contributed by atoms with Gasteiger partial charge in [-0.05, 0) is 38.5 Å². The molecule has 0 radical (unpaired) electrons. The third-order valence-electron chi connectivity index (χ3n) is 16.0. The zero-order valence-electron chi connectivity index (χ0n) is 53.6. The average molecular weight is 1140 g/mol. The van der Waals surface area contributed by atoms with Crippen LogP contribution in [0.15, 0.2) is 12.2 Å². The number of unbranched alkanes of at least 4 members (excludes halogenated alkanes) is 50. The highest BCUT2D eigenvalue weighted by atomic mass is 31.2. The van der Waals surface area contributed by atoms with Crippen LogP contribution in [0.2, 0.25) is 0 Å². The summed E-state index contributed by atoms with van der Waals surface area (Å²) in [6.07, 6.45) is 74.6. The maximum absolute atomic E-state index is 12.8. The Morgan fingerprint density at radius 1 is 0.380 bits per heavy atom. The summed E-state index contributed by atoms with van der Waals surface area (Å²) < 4.78 is 34.3. The van der Waals surface area contributed by atoms with E-state index in [-0.39, 0.29) is 32.0 Å². The first-order chi connectivity index (χ1) is 38.5. The Balaban J connectivity index is 3.88. The van der Waals surface area contributed by atoms with E-state index < -0.39 is 26.5 Å². The molecule has 0 heterocycles. The maximum atomic E-state index is 12.8. The van der Waals surface area contributed by atoms with Gasteiger partial charge in [0.1, 0.15) is 19.8 Å². The Labute approximate surface area is 492 Å². The van der Waals surface area contributed by atoms with Gasteiger partial charge in [-0.2, -0.15) is 0 Å². The van der Waals surface area contributed by atoms with Crippen LogP contribution in [0.1, 0.15) is 367 Å². The molecule has 0 rings (SSSR count). The van der Waals surface area contributed by atoms with Crippen molar-refractivity contribution in [2.45, 2.75) is 373 Å². The molecular weight excluding hydrogens is 1000 g/mol. The Bertz CT molecular complexity index is 1340. The molecule has 0 saturated carbocycles. The first kappa shape index (κ1) is 77.8. The van der Waals surface area contributed by atoms with E-state index in [1.807, 2.05) is 21.1 Å². The number of carbonyl (C=O) groups is 2. The Morgan fingerprint density at radius 2 is 0.646 bits per heavy atom. The molecule has 9 nitrogen and oxygen atoms in total. The number of phosphoric acid groups is 1. The van der Waals surface area contributed by atoms with Crippen molar-refractivity contribution in [3.05, 3.63) is 12.2 Å². The zero-order chi connectivity index (χ0) is 57.7. The molecule has 0 saturated heterocycles. The summed E-state index contributed by atoms with van der Waals surface area (Å²) in [6, 6.07) is 0. The molecule has 0 aliphatic heterocycles. The molecule has 79 heavy (non-hydrogen) atoms. The summed E-state index contributed by atoms with van der Waals surface area (Å²) in [5.74, 6) is -0.817. The molecule has 0 bridgehead atoms. The number of ether oxygens (including phenoxy) is 2. The van der Waals surface area contributed by atoms with Crippen LogP contribution in [0, 0.1) is 0 Å². The molecule has 0 aromatic carbocycles. The normalized spacial score (nSPS) is 13.1. The van der Waals surface area contributed by atoms with Gasteiger partial charge in [0.25, 0.3) is 7.82 Å². The highest BCUT2D eigenvalue weighted by Crippen LogP contribution is 2.38. The van der Waals surface area contributed by atoms with Crippen LogP contribution < -0.4 is 4.89 Å². The first-order valence-electron chi connectivity index (χ1n) is 34.9. The van der Waals surface area contributed by atoms with E-state index in [0.29, 0.717) is 17.4 Å². The zero-order valence-corrected chi connectivity index (χ0v) is 54.5. The smallest absolute Gasteiger partial charge is 0.306 e. The highest BCUT2D eigenvalue weighted by Gasteiger charge is 2.22. The van der Waals surface area contributed by atoms with E-state index in [9.17, 15) is 19.0 Å². The van der Waals surface area contributed by atoms with Crippen LogP contribution in [0.3, 0.4) is 0 Å². The van der Waals surface area contributed by atoms with Crippen molar-refractivity contribution in [1.29, 1.82) is 0 Å². The van der Waals surface area contributed by atoms with Crippen molar-refractivity contribution in [2.24, 2.45) is 0 Å². The molecule has 470 valence electrons. The van der Waals surface area contributed by atoms with Crippen LogP contribution in [0.5, 0.6) is 0 Å². The lowest BCUT2D eigenvalue weighted by Gasteiger charge is -2.28. The van der Waals surface area contributed by atoms with E-state index in [1.54, 1.807) is 0 Å². The molecule has 2 atom stereocenters. The number of rotatable bonds is 66. The van der Waals surface area contributed by atoms with E-state index in [0.717, 1.165) is 44.9 Å². The number of phosphoric ester groups is 1. The Kier molecular flexibility index (Phi) is 60.3. The van der Waals surface area contributed by atoms with Crippen LogP contribution in [-0.2, 0) is 32.7 Å².